The van der Waals surface area contributed by atoms with Gasteiger partial charge in [-0.05, 0) is 42.7 Å². The summed E-state index contributed by atoms with van der Waals surface area (Å²) >= 11 is 0. The van der Waals surface area contributed by atoms with Crippen molar-refractivity contribution in [2.75, 3.05) is 11.9 Å². The van der Waals surface area contributed by atoms with Gasteiger partial charge in [0, 0.05) is 18.0 Å². The van der Waals surface area contributed by atoms with Gasteiger partial charge < -0.3 is 16.2 Å². The fourth-order valence-corrected chi connectivity index (χ4v) is 2.61. The van der Waals surface area contributed by atoms with Crippen molar-refractivity contribution in [3.8, 4) is 17.1 Å². The highest BCUT2D eigenvalue weighted by molar-refractivity contribution is 5.90. The molecule has 25 heavy (non-hydrogen) atoms. The normalized spacial score (nSPS) is 12.5. The zero-order chi connectivity index (χ0) is 18.0. The predicted molar refractivity (Wildman–Crippen MR) is 103 cm³/mol. The molecule has 130 valence electrons. The lowest BCUT2D eigenvalue weighted by Gasteiger charge is -2.18. The van der Waals surface area contributed by atoms with Crippen LogP contribution in [0.2, 0.25) is 0 Å². The predicted octanol–water partition coefficient (Wildman–Crippen LogP) is 3.71. The zero-order valence-electron chi connectivity index (χ0n) is 14.8. The zero-order valence-corrected chi connectivity index (χ0v) is 14.8. The van der Waals surface area contributed by atoms with Crippen molar-refractivity contribution in [1.82, 2.24) is 9.97 Å². The summed E-state index contributed by atoms with van der Waals surface area (Å²) in [4.78, 5) is 9.27. The van der Waals surface area contributed by atoms with E-state index in [2.05, 4.69) is 29.1 Å². The average molecular weight is 336 g/mol. The van der Waals surface area contributed by atoms with Crippen LogP contribution in [-0.4, -0.2) is 27.7 Å². The molecule has 1 atom stereocenters. The van der Waals surface area contributed by atoms with Crippen LogP contribution >= 0.6 is 0 Å². The van der Waals surface area contributed by atoms with E-state index >= 15 is 0 Å². The number of hydrogen-bond acceptors (Lipinski definition) is 5. The van der Waals surface area contributed by atoms with Gasteiger partial charge in [0.15, 0.2) is 5.82 Å². The number of benzene rings is 2. The number of nitrogens with two attached hydrogens (primary N) is 1. The molecule has 1 heterocycles. The largest absolute Gasteiger partial charge is 0.507 e. The van der Waals surface area contributed by atoms with E-state index in [0.717, 1.165) is 22.3 Å². The van der Waals surface area contributed by atoms with Gasteiger partial charge >= 0.3 is 0 Å². The van der Waals surface area contributed by atoms with Crippen molar-refractivity contribution in [3.63, 3.8) is 0 Å². The van der Waals surface area contributed by atoms with Gasteiger partial charge in [-0.25, -0.2) is 9.97 Å². The number of aromatic nitrogens is 2. The van der Waals surface area contributed by atoms with Crippen LogP contribution in [0.3, 0.4) is 0 Å². The molecular weight excluding hydrogens is 312 g/mol. The van der Waals surface area contributed by atoms with E-state index < -0.39 is 0 Å². The highest BCUT2D eigenvalue weighted by Crippen LogP contribution is 2.30. The Morgan fingerprint density at radius 2 is 1.88 bits per heavy atom. The molecule has 4 N–H and O–H groups in total. The minimum Gasteiger partial charge on any atom is -0.507 e. The standard InChI is InChI=1S/C20H24N4O/c1-12(2)16(21)11-22-19-14-6-4-5-7-17(14)23-20(24-19)15-9-8-13(3)10-18(15)25/h4-10,12,16,25H,11,21H2,1-3H3,(H,22,23,24). The minimum atomic E-state index is 0.0324. The third-order valence-corrected chi connectivity index (χ3v) is 4.36. The van der Waals surface area contributed by atoms with Crippen molar-refractivity contribution in [2.24, 2.45) is 11.7 Å². The molecule has 3 rings (SSSR count). The van der Waals surface area contributed by atoms with Crippen LogP contribution in [-0.2, 0) is 0 Å². The van der Waals surface area contributed by atoms with Crippen LogP contribution in [0.25, 0.3) is 22.3 Å². The molecule has 0 saturated carbocycles. The van der Waals surface area contributed by atoms with Crippen molar-refractivity contribution >= 4 is 16.7 Å². The molecular formula is C20H24N4O. The number of aryl methyl sites for hydroxylation is 1. The van der Waals surface area contributed by atoms with Gasteiger partial charge in [0.25, 0.3) is 0 Å². The van der Waals surface area contributed by atoms with Gasteiger partial charge in [0.05, 0.1) is 11.1 Å². The van der Waals surface area contributed by atoms with Crippen LogP contribution in [0, 0.1) is 12.8 Å². The molecule has 5 nitrogen and oxygen atoms in total. The molecule has 1 unspecified atom stereocenters. The number of phenolic OH excluding ortho intramolecular Hbond substituents is 1. The molecule has 0 saturated heterocycles. The Hall–Kier alpha value is -2.66. The first-order valence-electron chi connectivity index (χ1n) is 8.52. The number of nitrogens with zero attached hydrogens (tertiary/aromatic N) is 2. The Kier molecular flexibility index (Phi) is 4.86. The average Bonchev–Trinajstić information content (AvgIpc) is 2.59. The SMILES string of the molecule is Cc1ccc(-c2nc(NCC(N)C(C)C)c3ccccc3n2)c(O)c1. The molecule has 0 radical (unpaired) electrons. The number of aromatic hydroxyl groups is 1. The van der Waals surface area contributed by atoms with Gasteiger partial charge in [0.1, 0.15) is 11.6 Å². The Morgan fingerprint density at radius 1 is 1.12 bits per heavy atom. The van der Waals surface area contributed by atoms with Crippen molar-refractivity contribution in [3.05, 3.63) is 48.0 Å². The summed E-state index contributed by atoms with van der Waals surface area (Å²) in [5.41, 5.74) is 8.59. The number of hydrogen-bond donors (Lipinski definition) is 3. The van der Waals surface area contributed by atoms with E-state index in [1.165, 1.54) is 0 Å². The van der Waals surface area contributed by atoms with E-state index in [1.54, 1.807) is 6.07 Å². The highest BCUT2D eigenvalue weighted by Gasteiger charge is 2.14. The number of fused-ring (bicyclic) bond motifs is 1. The van der Waals surface area contributed by atoms with Crippen molar-refractivity contribution in [1.29, 1.82) is 0 Å². The summed E-state index contributed by atoms with van der Waals surface area (Å²) in [5, 5.41) is 14.6. The van der Waals surface area contributed by atoms with Crippen molar-refractivity contribution < 1.29 is 5.11 Å². The fraction of sp³-hybridized carbons (Fsp3) is 0.300. The van der Waals surface area contributed by atoms with Crippen LogP contribution in [0.4, 0.5) is 5.82 Å². The molecule has 0 aliphatic carbocycles. The Balaban J connectivity index is 2.06. The van der Waals surface area contributed by atoms with Gasteiger partial charge in [-0.3, -0.25) is 0 Å². The molecule has 2 aromatic carbocycles. The summed E-state index contributed by atoms with van der Waals surface area (Å²) < 4.78 is 0. The Morgan fingerprint density at radius 3 is 2.60 bits per heavy atom. The lowest BCUT2D eigenvalue weighted by atomic mass is 10.1. The molecule has 1 aromatic heterocycles. The maximum absolute atomic E-state index is 10.3. The van der Waals surface area contributed by atoms with Crippen molar-refractivity contribution in [2.45, 2.75) is 26.8 Å². The monoisotopic (exact) mass is 336 g/mol. The van der Waals surface area contributed by atoms with Crippen LogP contribution in [0.1, 0.15) is 19.4 Å². The topological polar surface area (TPSA) is 84.1 Å². The summed E-state index contributed by atoms with van der Waals surface area (Å²) in [6.07, 6.45) is 0. The van der Waals surface area contributed by atoms with Crippen LogP contribution in [0.15, 0.2) is 42.5 Å². The Bertz CT molecular complexity index is 892. The summed E-state index contributed by atoms with van der Waals surface area (Å²) in [6, 6.07) is 13.4. The first-order chi connectivity index (χ1) is 12.0. The molecule has 0 bridgehead atoms. The summed E-state index contributed by atoms with van der Waals surface area (Å²) in [6.45, 7) is 6.75. The van der Waals surface area contributed by atoms with E-state index in [4.69, 9.17) is 5.73 Å². The highest BCUT2D eigenvalue weighted by atomic mass is 16.3. The number of rotatable bonds is 5. The molecule has 0 spiro atoms. The van der Waals surface area contributed by atoms with E-state index in [-0.39, 0.29) is 11.8 Å². The number of nitrogens with one attached hydrogen (secondary N) is 1. The second kappa shape index (κ2) is 7.07. The Labute approximate surface area is 147 Å². The maximum atomic E-state index is 10.3. The summed E-state index contributed by atoms with van der Waals surface area (Å²) in [7, 11) is 0. The lowest BCUT2D eigenvalue weighted by molar-refractivity contribution is 0.476. The molecule has 5 heteroatoms. The summed E-state index contributed by atoms with van der Waals surface area (Å²) in [5.74, 6) is 1.79. The number of anilines is 1. The molecule has 3 aromatic rings. The van der Waals surface area contributed by atoms with E-state index in [1.807, 2.05) is 43.3 Å². The lowest BCUT2D eigenvalue weighted by Crippen LogP contribution is -2.34. The van der Waals surface area contributed by atoms with Gasteiger partial charge in [-0.1, -0.05) is 32.0 Å². The first kappa shape index (κ1) is 17.2. The van der Waals surface area contributed by atoms with Crippen LogP contribution < -0.4 is 11.1 Å². The van der Waals surface area contributed by atoms with Gasteiger partial charge in [-0.2, -0.15) is 0 Å². The van der Waals surface area contributed by atoms with E-state index in [9.17, 15) is 5.11 Å². The first-order valence-corrected chi connectivity index (χ1v) is 8.52. The maximum Gasteiger partial charge on any atom is 0.165 e. The van der Waals surface area contributed by atoms with Crippen LogP contribution in [0.5, 0.6) is 5.75 Å². The second-order valence-corrected chi connectivity index (χ2v) is 6.72. The molecule has 0 fully saturated rings. The minimum absolute atomic E-state index is 0.0324. The molecule has 0 aliphatic heterocycles. The third kappa shape index (κ3) is 3.72. The quantitative estimate of drug-likeness (QED) is 0.661. The molecule has 0 aliphatic rings. The second-order valence-electron chi connectivity index (χ2n) is 6.72. The van der Waals surface area contributed by atoms with Gasteiger partial charge in [-0.15, -0.1) is 0 Å². The molecule has 0 amide bonds. The smallest absolute Gasteiger partial charge is 0.165 e. The van der Waals surface area contributed by atoms with E-state index in [0.29, 0.717) is 23.9 Å². The number of para-hydroxylation sites is 1. The van der Waals surface area contributed by atoms with Gasteiger partial charge in [0.2, 0.25) is 0 Å². The fourth-order valence-electron chi connectivity index (χ4n) is 2.61. The number of phenols is 1. The third-order valence-electron chi connectivity index (χ3n) is 4.36.